The van der Waals surface area contributed by atoms with Gasteiger partial charge in [-0.2, -0.15) is 0 Å². The number of rotatable bonds is 4. The Morgan fingerprint density at radius 3 is 2.70 bits per heavy atom. The van der Waals surface area contributed by atoms with Gasteiger partial charge in [-0.05, 0) is 36.0 Å². The van der Waals surface area contributed by atoms with Crippen molar-refractivity contribution in [1.82, 2.24) is 10.3 Å². The molecule has 3 rings (SSSR count). The fourth-order valence-electron chi connectivity index (χ4n) is 2.18. The van der Waals surface area contributed by atoms with Gasteiger partial charge in [-0.15, -0.1) is 0 Å². The second kappa shape index (κ2) is 5.72. The third kappa shape index (κ3) is 2.63. The minimum Gasteiger partial charge on any atom is -0.439 e. The fraction of sp³-hybridized carbons (Fsp3) is 0.118. The predicted octanol–water partition coefficient (Wildman–Crippen LogP) is 3.75. The predicted molar refractivity (Wildman–Crippen MR) is 81.0 cm³/mol. The van der Waals surface area contributed by atoms with Gasteiger partial charge in [0.25, 0.3) is 0 Å². The van der Waals surface area contributed by atoms with Gasteiger partial charge in [-0.3, -0.25) is 0 Å². The lowest BCUT2D eigenvalue weighted by molar-refractivity contribution is 0.455. The monoisotopic (exact) mass is 264 g/mol. The van der Waals surface area contributed by atoms with Crippen LogP contribution in [0.5, 0.6) is 11.6 Å². The average molecular weight is 264 g/mol. The Labute approximate surface area is 118 Å². The van der Waals surface area contributed by atoms with E-state index in [1.807, 2.05) is 43.4 Å². The summed E-state index contributed by atoms with van der Waals surface area (Å²) < 4.78 is 5.92. The van der Waals surface area contributed by atoms with E-state index in [9.17, 15) is 0 Å². The third-order valence-electron chi connectivity index (χ3n) is 3.15. The summed E-state index contributed by atoms with van der Waals surface area (Å²) in [6.07, 6.45) is 1.75. The van der Waals surface area contributed by atoms with E-state index in [1.54, 1.807) is 6.20 Å². The summed E-state index contributed by atoms with van der Waals surface area (Å²) in [4.78, 5) is 4.31. The zero-order valence-electron chi connectivity index (χ0n) is 11.3. The lowest BCUT2D eigenvalue weighted by Gasteiger charge is -2.10. The molecule has 1 heterocycles. The van der Waals surface area contributed by atoms with E-state index in [2.05, 4.69) is 28.5 Å². The third-order valence-corrected chi connectivity index (χ3v) is 3.15. The average Bonchev–Trinajstić information content (AvgIpc) is 2.49. The molecule has 0 unspecified atom stereocenters. The SMILES string of the molecule is CNCc1cccnc1Oc1ccc2ccccc2c1. The Morgan fingerprint density at radius 1 is 1.00 bits per heavy atom. The van der Waals surface area contributed by atoms with Crippen LogP contribution in [-0.2, 0) is 6.54 Å². The molecule has 0 amide bonds. The lowest BCUT2D eigenvalue weighted by Crippen LogP contribution is -2.07. The quantitative estimate of drug-likeness (QED) is 0.779. The van der Waals surface area contributed by atoms with E-state index in [-0.39, 0.29) is 0 Å². The maximum absolute atomic E-state index is 5.92. The topological polar surface area (TPSA) is 34.2 Å². The molecule has 0 aliphatic heterocycles. The maximum atomic E-state index is 5.92. The van der Waals surface area contributed by atoms with Gasteiger partial charge >= 0.3 is 0 Å². The smallest absolute Gasteiger partial charge is 0.223 e. The van der Waals surface area contributed by atoms with E-state index in [4.69, 9.17) is 4.74 Å². The van der Waals surface area contributed by atoms with Crippen LogP contribution in [-0.4, -0.2) is 12.0 Å². The fourth-order valence-corrected chi connectivity index (χ4v) is 2.18. The van der Waals surface area contributed by atoms with Crippen LogP contribution in [0, 0.1) is 0 Å². The highest BCUT2D eigenvalue weighted by atomic mass is 16.5. The molecule has 0 bridgehead atoms. The molecule has 0 atom stereocenters. The van der Waals surface area contributed by atoms with Crippen LogP contribution in [0.1, 0.15) is 5.56 Å². The van der Waals surface area contributed by atoms with Gasteiger partial charge in [-0.25, -0.2) is 4.98 Å². The van der Waals surface area contributed by atoms with Crippen molar-refractivity contribution in [2.75, 3.05) is 7.05 Å². The van der Waals surface area contributed by atoms with E-state index >= 15 is 0 Å². The molecule has 1 aromatic heterocycles. The molecule has 3 heteroatoms. The summed E-state index contributed by atoms with van der Waals surface area (Å²) in [7, 11) is 1.91. The van der Waals surface area contributed by atoms with E-state index in [0.29, 0.717) is 5.88 Å². The molecule has 0 saturated carbocycles. The molecule has 0 aliphatic carbocycles. The first-order chi connectivity index (χ1) is 9.86. The minimum atomic E-state index is 0.650. The lowest BCUT2D eigenvalue weighted by atomic mass is 10.1. The second-order valence-electron chi connectivity index (χ2n) is 4.61. The van der Waals surface area contributed by atoms with Crippen LogP contribution < -0.4 is 10.1 Å². The maximum Gasteiger partial charge on any atom is 0.223 e. The Balaban J connectivity index is 1.93. The van der Waals surface area contributed by atoms with Crippen LogP contribution in [0.25, 0.3) is 10.8 Å². The van der Waals surface area contributed by atoms with Crippen LogP contribution in [0.15, 0.2) is 60.8 Å². The molecule has 1 N–H and O–H groups in total. The molecule has 100 valence electrons. The number of hydrogen-bond donors (Lipinski definition) is 1. The number of hydrogen-bond acceptors (Lipinski definition) is 3. The summed E-state index contributed by atoms with van der Waals surface area (Å²) in [6, 6.07) is 18.2. The van der Waals surface area contributed by atoms with Gasteiger partial charge in [-0.1, -0.05) is 36.4 Å². The number of ether oxygens (including phenoxy) is 1. The number of pyridine rings is 1. The zero-order valence-corrected chi connectivity index (χ0v) is 11.3. The summed E-state index contributed by atoms with van der Waals surface area (Å²) in [5, 5.41) is 5.49. The summed E-state index contributed by atoms with van der Waals surface area (Å²) >= 11 is 0. The Bertz CT molecular complexity index is 725. The molecular weight excluding hydrogens is 248 g/mol. The van der Waals surface area contributed by atoms with Crippen LogP contribution >= 0.6 is 0 Å². The van der Waals surface area contributed by atoms with Crippen molar-refractivity contribution >= 4 is 10.8 Å². The first-order valence-corrected chi connectivity index (χ1v) is 6.62. The van der Waals surface area contributed by atoms with Crippen molar-refractivity contribution in [1.29, 1.82) is 0 Å². The van der Waals surface area contributed by atoms with Gasteiger partial charge in [0.15, 0.2) is 0 Å². The van der Waals surface area contributed by atoms with Gasteiger partial charge in [0.1, 0.15) is 5.75 Å². The van der Waals surface area contributed by atoms with Crippen LogP contribution in [0.3, 0.4) is 0 Å². The van der Waals surface area contributed by atoms with Crippen molar-refractivity contribution in [3.63, 3.8) is 0 Å². The summed E-state index contributed by atoms with van der Waals surface area (Å²) in [6.45, 7) is 0.733. The largest absolute Gasteiger partial charge is 0.439 e. The van der Waals surface area contributed by atoms with Crippen molar-refractivity contribution in [3.05, 3.63) is 66.4 Å². The number of aromatic nitrogens is 1. The Hall–Kier alpha value is -2.39. The molecule has 3 nitrogen and oxygen atoms in total. The van der Waals surface area contributed by atoms with Gasteiger partial charge in [0.05, 0.1) is 0 Å². The van der Waals surface area contributed by atoms with Crippen molar-refractivity contribution in [2.24, 2.45) is 0 Å². The highest BCUT2D eigenvalue weighted by molar-refractivity contribution is 5.83. The first-order valence-electron chi connectivity index (χ1n) is 6.62. The molecular formula is C17H16N2O. The number of nitrogens with zero attached hydrogens (tertiary/aromatic N) is 1. The number of benzene rings is 2. The van der Waals surface area contributed by atoms with Crippen LogP contribution in [0.2, 0.25) is 0 Å². The first kappa shape index (κ1) is 12.6. The Morgan fingerprint density at radius 2 is 1.85 bits per heavy atom. The van der Waals surface area contributed by atoms with Crippen molar-refractivity contribution in [2.45, 2.75) is 6.54 Å². The molecule has 0 aliphatic rings. The molecule has 20 heavy (non-hydrogen) atoms. The van der Waals surface area contributed by atoms with Crippen molar-refractivity contribution in [3.8, 4) is 11.6 Å². The standard InChI is InChI=1S/C17H16N2O/c1-18-12-15-7-4-10-19-17(15)20-16-9-8-13-5-2-3-6-14(13)11-16/h2-11,18H,12H2,1H3. The van der Waals surface area contributed by atoms with Gasteiger partial charge < -0.3 is 10.1 Å². The van der Waals surface area contributed by atoms with Gasteiger partial charge in [0, 0.05) is 18.3 Å². The molecule has 2 aromatic carbocycles. The highest BCUT2D eigenvalue weighted by Gasteiger charge is 2.05. The molecule has 0 spiro atoms. The molecule has 0 fully saturated rings. The molecule has 0 radical (unpaired) electrons. The summed E-state index contributed by atoms with van der Waals surface area (Å²) in [5.41, 5.74) is 1.04. The van der Waals surface area contributed by atoms with Crippen LogP contribution in [0.4, 0.5) is 0 Å². The number of nitrogens with one attached hydrogen (secondary N) is 1. The van der Waals surface area contributed by atoms with E-state index in [1.165, 1.54) is 5.39 Å². The second-order valence-corrected chi connectivity index (χ2v) is 4.61. The Kier molecular flexibility index (Phi) is 3.61. The minimum absolute atomic E-state index is 0.650. The molecule has 0 saturated heterocycles. The summed E-state index contributed by atoms with van der Waals surface area (Å²) in [5.74, 6) is 1.46. The highest BCUT2D eigenvalue weighted by Crippen LogP contribution is 2.26. The van der Waals surface area contributed by atoms with Crippen molar-refractivity contribution < 1.29 is 4.74 Å². The van der Waals surface area contributed by atoms with E-state index in [0.717, 1.165) is 23.2 Å². The number of fused-ring (bicyclic) bond motifs is 1. The van der Waals surface area contributed by atoms with E-state index < -0.39 is 0 Å². The zero-order chi connectivity index (χ0) is 13.8. The normalized spacial score (nSPS) is 10.7. The molecule has 3 aromatic rings. The van der Waals surface area contributed by atoms with Gasteiger partial charge in [0.2, 0.25) is 5.88 Å².